The maximum Gasteiger partial charge on any atom is 0.244 e. The van der Waals surface area contributed by atoms with Gasteiger partial charge >= 0.3 is 0 Å². The van der Waals surface area contributed by atoms with Crippen LogP contribution in [0.25, 0.3) is 0 Å². The molecule has 2 aromatic carbocycles. The van der Waals surface area contributed by atoms with Crippen molar-refractivity contribution >= 4 is 27.5 Å². The summed E-state index contributed by atoms with van der Waals surface area (Å²) >= 11 is 0. The highest BCUT2D eigenvalue weighted by Crippen LogP contribution is 2.21. The van der Waals surface area contributed by atoms with Crippen molar-refractivity contribution in [2.75, 3.05) is 24.2 Å². The number of methoxy groups -OCH3 is 1. The largest absolute Gasteiger partial charge is 0.497 e. The molecule has 0 saturated heterocycles. The minimum absolute atomic E-state index is 0.144. The first-order valence-electron chi connectivity index (χ1n) is 12.1. The monoisotopic (exact) mass is 517 g/mol. The van der Waals surface area contributed by atoms with Crippen LogP contribution in [0.2, 0.25) is 0 Å². The summed E-state index contributed by atoms with van der Waals surface area (Å²) in [6.07, 6.45) is 2.26. The number of amides is 2. The van der Waals surface area contributed by atoms with E-state index in [1.807, 2.05) is 58.9 Å². The zero-order valence-electron chi connectivity index (χ0n) is 22.4. The van der Waals surface area contributed by atoms with Crippen molar-refractivity contribution in [2.45, 2.75) is 65.6 Å². The molecule has 0 radical (unpaired) electrons. The first-order chi connectivity index (χ1) is 16.8. The van der Waals surface area contributed by atoms with Crippen LogP contribution >= 0.6 is 0 Å². The zero-order valence-corrected chi connectivity index (χ0v) is 23.2. The van der Waals surface area contributed by atoms with E-state index < -0.39 is 34.1 Å². The number of aryl methyl sites for hydroxylation is 1. The minimum Gasteiger partial charge on any atom is -0.497 e. The van der Waals surface area contributed by atoms with E-state index in [1.165, 1.54) is 4.90 Å². The molecule has 0 aromatic heterocycles. The lowest BCUT2D eigenvalue weighted by atomic mass is 10.1. The van der Waals surface area contributed by atoms with Crippen LogP contribution in [0.3, 0.4) is 0 Å². The molecule has 2 amide bonds. The molecule has 0 spiro atoms. The summed E-state index contributed by atoms with van der Waals surface area (Å²) in [5, 5.41) is 2.95. The third-order valence-electron chi connectivity index (χ3n) is 5.71. The van der Waals surface area contributed by atoms with Crippen LogP contribution < -0.4 is 14.4 Å². The van der Waals surface area contributed by atoms with Crippen molar-refractivity contribution in [3.05, 3.63) is 59.7 Å². The quantitative estimate of drug-likeness (QED) is 0.490. The predicted octanol–water partition coefficient (Wildman–Crippen LogP) is 3.75. The highest BCUT2D eigenvalue weighted by molar-refractivity contribution is 7.92. The number of ether oxygens (including phenoxy) is 1. The molecule has 2 aromatic rings. The van der Waals surface area contributed by atoms with Crippen LogP contribution in [0.1, 0.15) is 52.2 Å². The Morgan fingerprint density at radius 3 is 1.97 bits per heavy atom. The first-order valence-corrected chi connectivity index (χ1v) is 13.9. The lowest BCUT2D eigenvalue weighted by Gasteiger charge is -2.34. The highest BCUT2D eigenvalue weighted by atomic mass is 32.2. The van der Waals surface area contributed by atoms with Crippen LogP contribution in [0.15, 0.2) is 48.5 Å². The normalized spacial score (nSPS) is 12.5. The van der Waals surface area contributed by atoms with Crippen molar-refractivity contribution in [1.29, 1.82) is 0 Å². The second-order valence-corrected chi connectivity index (χ2v) is 11.7. The Balaban J connectivity index is 2.44. The van der Waals surface area contributed by atoms with E-state index in [-0.39, 0.29) is 12.5 Å². The van der Waals surface area contributed by atoms with E-state index in [1.54, 1.807) is 31.4 Å². The van der Waals surface area contributed by atoms with Gasteiger partial charge in [0.1, 0.15) is 18.3 Å². The van der Waals surface area contributed by atoms with Gasteiger partial charge in [0.2, 0.25) is 21.8 Å². The van der Waals surface area contributed by atoms with E-state index in [0.717, 1.165) is 28.1 Å². The molecule has 36 heavy (non-hydrogen) atoms. The number of benzene rings is 2. The van der Waals surface area contributed by atoms with Gasteiger partial charge in [-0.25, -0.2) is 8.42 Å². The fourth-order valence-electron chi connectivity index (χ4n) is 3.81. The molecule has 0 fully saturated rings. The fourth-order valence-corrected chi connectivity index (χ4v) is 4.66. The number of hydrogen-bond donors (Lipinski definition) is 1. The van der Waals surface area contributed by atoms with Gasteiger partial charge in [0.25, 0.3) is 0 Å². The number of hydrogen-bond acceptors (Lipinski definition) is 5. The SMILES string of the molecule is CCc1ccc(N(CC(=O)N(Cc2ccc(OC)cc2)C(CC)C(=O)NC(C)(C)C)S(C)(=O)=O)cc1. The van der Waals surface area contributed by atoms with Gasteiger partial charge in [-0.3, -0.25) is 13.9 Å². The van der Waals surface area contributed by atoms with Crippen molar-refractivity contribution in [3.63, 3.8) is 0 Å². The van der Waals surface area contributed by atoms with Gasteiger partial charge in [0.05, 0.1) is 19.1 Å². The standard InChI is InChI=1S/C27H39N3O5S/c1-8-20-10-14-22(15-11-20)30(36(7,33)34)19-25(31)29(18-21-12-16-23(35-6)17-13-21)24(9-2)26(32)28-27(3,4)5/h10-17,24H,8-9,18-19H2,1-7H3,(H,28,32). The summed E-state index contributed by atoms with van der Waals surface area (Å²) in [6.45, 7) is 9.19. The molecule has 0 heterocycles. The molecule has 0 aliphatic heterocycles. The number of nitrogens with zero attached hydrogens (tertiary/aromatic N) is 2. The summed E-state index contributed by atoms with van der Waals surface area (Å²) in [7, 11) is -2.19. The van der Waals surface area contributed by atoms with E-state index in [9.17, 15) is 18.0 Å². The Labute approximate surface area is 215 Å². The Morgan fingerprint density at radius 2 is 1.53 bits per heavy atom. The number of anilines is 1. The number of nitrogens with one attached hydrogen (secondary N) is 1. The molecule has 0 saturated carbocycles. The number of sulfonamides is 1. The molecular weight excluding hydrogens is 478 g/mol. The summed E-state index contributed by atoms with van der Waals surface area (Å²) in [5.74, 6) is -0.0790. The topological polar surface area (TPSA) is 96.0 Å². The smallest absolute Gasteiger partial charge is 0.244 e. The van der Waals surface area contributed by atoms with E-state index in [2.05, 4.69) is 5.32 Å². The summed E-state index contributed by atoms with van der Waals surface area (Å²) in [5.41, 5.74) is 1.77. The van der Waals surface area contributed by atoms with Gasteiger partial charge in [-0.15, -0.1) is 0 Å². The zero-order chi connectivity index (χ0) is 27.1. The van der Waals surface area contributed by atoms with Crippen LogP contribution in [0, 0.1) is 0 Å². The molecule has 2 rings (SSSR count). The molecule has 8 nitrogen and oxygen atoms in total. The van der Waals surface area contributed by atoms with E-state index >= 15 is 0 Å². The molecule has 1 atom stereocenters. The Kier molecular flexibility index (Phi) is 9.93. The second kappa shape index (κ2) is 12.3. The number of rotatable bonds is 11. The lowest BCUT2D eigenvalue weighted by molar-refractivity contribution is -0.141. The Bertz CT molecular complexity index is 1120. The molecule has 0 bridgehead atoms. The third-order valence-corrected chi connectivity index (χ3v) is 6.85. The van der Waals surface area contributed by atoms with Gasteiger partial charge in [-0.05, 0) is 69.0 Å². The lowest BCUT2D eigenvalue weighted by Crippen LogP contribution is -2.55. The summed E-state index contributed by atoms with van der Waals surface area (Å²) in [4.78, 5) is 28.4. The van der Waals surface area contributed by atoms with Crippen LogP contribution in [-0.4, -0.2) is 56.6 Å². The second-order valence-electron chi connectivity index (χ2n) is 9.82. The number of carbonyl (C=O) groups excluding carboxylic acids is 2. The molecular formula is C27H39N3O5S. The van der Waals surface area contributed by atoms with Crippen molar-refractivity contribution in [2.24, 2.45) is 0 Å². The summed E-state index contributed by atoms with van der Waals surface area (Å²) in [6, 6.07) is 13.5. The van der Waals surface area contributed by atoms with Crippen molar-refractivity contribution in [1.82, 2.24) is 10.2 Å². The average molecular weight is 518 g/mol. The van der Waals surface area contributed by atoms with E-state index in [0.29, 0.717) is 17.9 Å². The van der Waals surface area contributed by atoms with Gasteiger partial charge in [0, 0.05) is 12.1 Å². The predicted molar refractivity (Wildman–Crippen MR) is 144 cm³/mol. The maximum absolute atomic E-state index is 13.7. The number of carbonyl (C=O) groups is 2. The molecule has 9 heteroatoms. The van der Waals surface area contributed by atoms with Gasteiger partial charge in [0.15, 0.2) is 0 Å². The van der Waals surface area contributed by atoms with Crippen molar-refractivity contribution in [3.8, 4) is 5.75 Å². The fraction of sp³-hybridized carbons (Fsp3) is 0.481. The van der Waals surface area contributed by atoms with Crippen LogP contribution in [0.5, 0.6) is 5.75 Å². The van der Waals surface area contributed by atoms with Crippen LogP contribution in [0.4, 0.5) is 5.69 Å². The molecule has 1 N–H and O–H groups in total. The summed E-state index contributed by atoms with van der Waals surface area (Å²) < 4.78 is 31.7. The Morgan fingerprint density at radius 1 is 0.972 bits per heavy atom. The molecule has 0 aliphatic carbocycles. The van der Waals surface area contributed by atoms with Gasteiger partial charge in [-0.1, -0.05) is 38.1 Å². The highest BCUT2D eigenvalue weighted by Gasteiger charge is 2.33. The average Bonchev–Trinajstić information content (AvgIpc) is 2.81. The minimum atomic E-state index is -3.76. The first kappa shape index (κ1) is 29.2. The maximum atomic E-state index is 13.7. The van der Waals surface area contributed by atoms with E-state index in [4.69, 9.17) is 4.74 Å². The van der Waals surface area contributed by atoms with Gasteiger partial charge < -0.3 is 15.0 Å². The van der Waals surface area contributed by atoms with Crippen LogP contribution in [-0.2, 0) is 32.6 Å². The van der Waals surface area contributed by atoms with Crippen molar-refractivity contribution < 1.29 is 22.7 Å². The molecule has 198 valence electrons. The third kappa shape index (κ3) is 8.26. The molecule has 1 unspecified atom stereocenters. The molecule has 0 aliphatic rings. The Hall–Kier alpha value is -3.07. The van der Waals surface area contributed by atoms with Gasteiger partial charge in [-0.2, -0.15) is 0 Å².